The molecule has 3 heterocycles. The molecule has 0 atom stereocenters. The Bertz CT molecular complexity index is 1180. The Balaban J connectivity index is 1.63. The summed E-state index contributed by atoms with van der Waals surface area (Å²) in [4.78, 5) is 12.5. The molecular weight excluding hydrogens is 398 g/mol. The first-order valence-corrected chi connectivity index (χ1v) is 10.8. The first-order chi connectivity index (χ1) is 13.4. The number of carbonyl (C=O) groups excluding carboxylic acids is 1. The molecule has 3 aromatic rings. The van der Waals surface area contributed by atoms with Gasteiger partial charge in [-0.3, -0.25) is 13.8 Å². The number of hydrogen-bond acceptors (Lipinski definition) is 6. The van der Waals surface area contributed by atoms with Crippen LogP contribution in [0.4, 0.5) is 5.69 Å². The number of hydrogen-bond donors (Lipinski definition) is 1. The molecule has 4 rings (SSSR count). The average molecular weight is 416 g/mol. The average Bonchev–Trinajstić information content (AvgIpc) is 3.29. The second-order valence-corrected chi connectivity index (χ2v) is 8.98. The lowest BCUT2D eigenvalue weighted by atomic mass is 10.1. The summed E-state index contributed by atoms with van der Waals surface area (Å²) in [5.74, 6) is -0.353. The monoisotopic (exact) mass is 415 g/mol. The summed E-state index contributed by atoms with van der Waals surface area (Å²) in [6, 6.07) is 8.62. The van der Waals surface area contributed by atoms with Crippen LogP contribution in [0.25, 0.3) is 11.3 Å². The third kappa shape index (κ3) is 3.00. The molecule has 0 radical (unpaired) electrons. The van der Waals surface area contributed by atoms with Gasteiger partial charge in [-0.25, -0.2) is 13.8 Å². The highest BCUT2D eigenvalue weighted by molar-refractivity contribution is 7.93. The Morgan fingerprint density at radius 3 is 2.86 bits per heavy atom. The number of thiophene rings is 1. The van der Waals surface area contributed by atoms with Crippen LogP contribution in [0.1, 0.15) is 11.3 Å². The molecule has 0 spiro atoms. The maximum absolute atomic E-state index is 12.8. The van der Waals surface area contributed by atoms with Crippen LogP contribution >= 0.6 is 11.3 Å². The van der Waals surface area contributed by atoms with Gasteiger partial charge in [-0.2, -0.15) is 21.5 Å². The van der Waals surface area contributed by atoms with Gasteiger partial charge in [0.2, 0.25) is 0 Å². The van der Waals surface area contributed by atoms with Crippen LogP contribution in [0.5, 0.6) is 0 Å². The molecule has 0 saturated heterocycles. The highest BCUT2D eigenvalue weighted by atomic mass is 32.2. The maximum Gasteiger partial charge on any atom is 0.264 e. The number of aromatic nitrogens is 2. The number of hydrazone groups is 1. The molecule has 0 unspecified atom stereocenters. The molecular formula is C18H17N5O3S2. The number of nitrogens with zero attached hydrogens (tertiary/aromatic N) is 4. The number of sulfonamides is 1. The van der Waals surface area contributed by atoms with Crippen LogP contribution in [0.2, 0.25) is 0 Å². The van der Waals surface area contributed by atoms with Crippen LogP contribution in [0.15, 0.2) is 51.1 Å². The van der Waals surface area contributed by atoms with E-state index in [9.17, 15) is 13.2 Å². The molecule has 0 fully saturated rings. The van der Waals surface area contributed by atoms with E-state index < -0.39 is 10.0 Å². The number of anilines is 1. The van der Waals surface area contributed by atoms with Crippen LogP contribution < -0.4 is 9.73 Å². The lowest BCUT2D eigenvalue weighted by Gasteiger charge is -2.26. The van der Waals surface area contributed by atoms with Gasteiger partial charge >= 0.3 is 0 Å². The summed E-state index contributed by atoms with van der Waals surface area (Å²) in [6.45, 7) is 1.67. The molecule has 8 nitrogen and oxygen atoms in total. The van der Waals surface area contributed by atoms with Crippen molar-refractivity contribution in [2.75, 3.05) is 11.4 Å². The summed E-state index contributed by atoms with van der Waals surface area (Å²) < 4.78 is 28.3. The van der Waals surface area contributed by atoms with E-state index in [1.165, 1.54) is 16.0 Å². The number of amides is 1. The smallest absolute Gasteiger partial charge is 0.264 e. The predicted molar refractivity (Wildman–Crippen MR) is 108 cm³/mol. The third-order valence-corrected chi connectivity index (χ3v) is 7.03. The van der Waals surface area contributed by atoms with Crippen molar-refractivity contribution < 1.29 is 13.2 Å². The van der Waals surface area contributed by atoms with Gasteiger partial charge in [0, 0.05) is 18.2 Å². The van der Waals surface area contributed by atoms with E-state index in [4.69, 9.17) is 0 Å². The number of rotatable bonds is 4. The first kappa shape index (κ1) is 18.4. The molecule has 0 aliphatic carbocycles. The highest BCUT2D eigenvalue weighted by Gasteiger charge is 2.36. The van der Waals surface area contributed by atoms with Gasteiger partial charge in [-0.1, -0.05) is 18.2 Å². The molecule has 144 valence electrons. The van der Waals surface area contributed by atoms with E-state index in [1.807, 2.05) is 16.8 Å². The van der Waals surface area contributed by atoms with Crippen molar-refractivity contribution in [1.82, 2.24) is 15.2 Å². The summed E-state index contributed by atoms with van der Waals surface area (Å²) >= 11 is 1.54. The van der Waals surface area contributed by atoms with Crippen LogP contribution in [-0.2, 0) is 21.4 Å². The molecule has 1 amide bonds. The van der Waals surface area contributed by atoms with E-state index in [-0.39, 0.29) is 17.3 Å². The van der Waals surface area contributed by atoms with E-state index in [1.54, 1.807) is 48.7 Å². The fraction of sp³-hybridized carbons (Fsp3) is 0.167. The van der Waals surface area contributed by atoms with Crippen molar-refractivity contribution in [2.45, 2.75) is 18.4 Å². The Morgan fingerprint density at radius 1 is 1.32 bits per heavy atom. The lowest BCUT2D eigenvalue weighted by molar-refractivity contribution is -0.121. The van der Waals surface area contributed by atoms with Gasteiger partial charge in [0.05, 0.1) is 16.8 Å². The van der Waals surface area contributed by atoms with Crippen molar-refractivity contribution >= 4 is 39.2 Å². The van der Waals surface area contributed by atoms with Crippen molar-refractivity contribution in [2.24, 2.45) is 5.10 Å². The molecule has 1 aromatic carbocycles. The summed E-state index contributed by atoms with van der Waals surface area (Å²) in [5.41, 5.74) is 5.52. The van der Waals surface area contributed by atoms with Gasteiger partial charge in [-0.15, -0.1) is 0 Å². The molecule has 10 heteroatoms. The van der Waals surface area contributed by atoms with Crippen molar-refractivity contribution in [3.63, 3.8) is 0 Å². The quantitative estimate of drug-likeness (QED) is 0.522. The minimum atomic E-state index is -3.65. The molecule has 1 aliphatic heterocycles. The number of carbonyl (C=O) groups is 1. The van der Waals surface area contributed by atoms with E-state index >= 15 is 0 Å². The minimum Gasteiger partial charge on any atom is -0.271 e. The molecule has 1 N–H and O–H groups in total. The Kier molecular flexibility index (Phi) is 4.52. The highest BCUT2D eigenvalue weighted by Crippen LogP contribution is 2.43. The predicted octanol–water partition coefficient (Wildman–Crippen LogP) is 2.21. The van der Waals surface area contributed by atoms with Gasteiger partial charge in [0.15, 0.2) is 0 Å². The zero-order valence-corrected chi connectivity index (χ0v) is 16.8. The molecule has 0 bridgehead atoms. The molecule has 28 heavy (non-hydrogen) atoms. The molecule has 2 aromatic heterocycles. The van der Waals surface area contributed by atoms with Crippen LogP contribution in [0, 0.1) is 6.92 Å². The number of fused-ring (bicyclic) bond motifs is 3. The first-order valence-electron chi connectivity index (χ1n) is 8.39. The molecule has 0 saturated carbocycles. The third-order valence-electron chi connectivity index (χ3n) is 4.51. The zero-order chi connectivity index (χ0) is 19.9. The normalized spacial score (nSPS) is 14.7. The fourth-order valence-corrected chi connectivity index (χ4v) is 5.16. The van der Waals surface area contributed by atoms with Gasteiger partial charge in [0.1, 0.15) is 17.9 Å². The number of nitrogens with one attached hydrogen (secondary N) is 1. The molecule has 1 aliphatic rings. The minimum absolute atomic E-state index is 0.0735. The van der Waals surface area contributed by atoms with Gasteiger partial charge < -0.3 is 0 Å². The Morgan fingerprint density at radius 2 is 2.11 bits per heavy atom. The largest absolute Gasteiger partial charge is 0.271 e. The van der Waals surface area contributed by atoms with Crippen LogP contribution in [-0.4, -0.2) is 37.4 Å². The lowest BCUT2D eigenvalue weighted by Crippen LogP contribution is -2.30. The van der Waals surface area contributed by atoms with Crippen molar-refractivity contribution in [1.29, 1.82) is 0 Å². The van der Waals surface area contributed by atoms with Gasteiger partial charge in [0.25, 0.3) is 15.9 Å². The van der Waals surface area contributed by atoms with E-state index in [2.05, 4.69) is 15.6 Å². The summed E-state index contributed by atoms with van der Waals surface area (Å²) in [6.07, 6.45) is 1.56. The second-order valence-electron chi connectivity index (χ2n) is 6.26. The summed E-state index contributed by atoms with van der Waals surface area (Å²) in [7, 11) is -2.16. The van der Waals surface area contributed by atoms with Gasteiger partial charge in [-0.05, 0) is 29.8 Å². The zero-order valence-electron chi connectivity index (χ0n) is 15.2. The van der Waals surface area contributed by atoms with Crippen molar-refractivity contribution in [3.05, 3.63) is 52.3 Å². The Hall–Kier alpha value is -2.98. The SMILES string of the molecule is Cc1c2c(nn1CC(=O)N/N=C/c1ccsc1)-c1ccccc1S(=O)(=O)N2C. The summed E-state index contributed by atoms with van der Waals surface area (Å²) in [5, 5.41) is 12.3. The van der Waals surface area contributed by atoms with Crippen LogP contribution in [0.3, 0.4) is 0 Å². The van der Waals surface area contributed by atoms with Crippen molar-refractivity contribution in [3.8, 4) is 11.3 Å². The Labute approximate surface area is 166 Å². The van der Waals surface area contributed by atoms with E-state index in [0.29, 0.717) is 22.6 Å². The topological polar surface area (TPSA) is 96.7 Å². The fourth-order valence-electron chi connectivity index (χ4n) is 3.10. The maximum atomic E-state index is 12.8. The number of benzene rings is 1. The van der Waals surface area contributed by atoms with E-state index in [0.717, 1.165) is 5.56 Å². The standard InChI is InChI=1S/C18H17N5O3S2/c1-12-18-17(14-5-3-4-6-15(14)28(25,26)22(18)2)21-23(12)10-16(24)20-19-9-13-7-8-27-11-13/h3-9,11H,10H2,1-2H3,(H,20,24)/b19-9+. The second kappa shape index (κ2) is 6.88.